The average Bonchev–Trinajstić information content (AvgIpc) is 3.64. The molecule has 4 aromatic rings. The van der Waals surface area contributed by atoms with Crippen molar-refractivity contribution < 1.29 is 13.9 Å². The second-order valence-electron chi connectivity index (χ2n) is 10.8. The molecular formula is C32H33FN4O3. The number of aryl methyl sites for hydroxylation is 1. The standard InChI is InChI=1S/C32H33FN4O3/c1-2-3-8-29-27(19-22-9-10-26(28(33)20-22)25-7-5-4-6-23(25)21-34)31(38)36(30-13-16-35-37(29)30)24-11-14-32(15-12-24)39-17-18-40-32/h4-7,9-10,13,16,20,24H,2-3,8,11-12,14-15,17-19H2,1H3. The van der Waals surface area contributed by atoms with Crippen LogP contribution in [-0.2, 0) is 22.3 Å². The predicted molar refractivity (Wildman–Crippen MR) is 150 cm³/mol. The number of ether oxygens (including phenoxy) is 2. The number of halogens is 1. The third-order valence-corrected chi connectivity index (χ3v) is 8.37. The van der Waals surface area contributed by atoms with Crippen molar-refractivity contribution >= 4 is 5.65 Å². The summed E-state index contributed by atoms with van der Waals surface area (Å²) in [5.41, 5.74) is 4.36. The lowest BCUT2D eigenvalue weighted by molar-refractivity contribution is -0.181. The van der Waals surface area contributed by atoms with Crippen LogP contribution in [0.3, 0.4) is 0 Å². The summed E-state index contributed by atoms with van der Waals surface area (Å²) in [7, 11) is 0. The average molecular weight is 541 g/mol. The maximum absolute atomic E-state index is 15.4. The van der Waals surface area contributed by atoms with Crippen molar-refractivity contribution in [1.29, 1.82) is 5.26 Å². The van der Waals surface area contributed by atoms with Gasteiger partial charge in [-0.2, -0.15) is 10.4 Å². The molecule has 1 spiro atoms. The van der Waals surface area contributed by atoms with Gasteiger partial charge in [-0.25, -0.2) is 8.91 Å². The Hall–Kier alpha value is -3.80. The maximum Gasteiger partial charge on any atom is 0.257 e. The summed E-state index contributed by atoms with van der Waals surface area (Å²) in [5, 5.41) is 14.1. The maximum atomic E-state index is 15.4. The number of benzene rings is 2. The van der Waals surface area contributed by atoms with Gasteiger partial charge in [-0.05, 0) is 43.4 Å². The van der Waals surface area contributed by atoms with Gasteiger partial charge in [-0.1, -0.05) is 43.7 Å². The van der Waals surface area contributed by atoms with E-state index in [1.54, 1.807) is 36.5 Å². The van der Waals surface area contributed by atoms with E-state index in [-0.39, 0.29) is 11.6 Å². The molecule has 1 aliphatic carbocycles. The Morgan fingerprint density at radius 1 is 1.10 bits per heavy atom. The number of hydrogen-bond acceptors (Lipinski definition) is 5. The fraction of sp³-hybridized carbons (Fsp3) is 0.406. The molecule has 0 bridgehead atoms. The smallest absolute Gasteiger partial charge is 0.257 e. The van der Waals surface area contributed by atoms with Crippen LogP contribution in [0.5, 0.6) is 0 Å². The lowest BCUT2D eigenvalue weighted by Gasteiger charge is -2.36. The molecule has 0 atom stereocenters. The lowest BCUT2D eigenvalue weighted by Crippen LogP contribution is -2.39. The normalized spacial score (nSPS) is 17.0. The van der Waals surface area contributed by atoms with Crippen LogP contribution in [0.25, 0.3) is 16.8 Å². The fourth-order valence-electron chi connectivity index (χ4n) is 6.31. The van der Waals surface area contributed by atoms with Crippen LogP contribution < -0.4 is 5.56 Å². The molecule has 6 rings (SSSR count). The van der Waals surface area contributed by atoms with Crippen LogP contribution in [0, 0.1) is 17.1 Å². The quantitative estimate of drug-likeness (QED) is 0.289. The summed E-state index contributed by atoms with van der Waals surface area (Å²) in [4.78, 5) is 14.3. The summed E-state index contributed by atoms with van der Waals surface area (Å²) in [6, 6.07) is 16.1. The van der Waals surface area contributed by atoms with Gasteiger partial charge in [0.15, 0.2) is 5.79 Å². The van der Waals surface area contributed by atoms with Crippen LogP contribution in [0.2, 0.25) is 0 Å². The Labute approximate surface area is 232 Å². The van der Waals surface area contributed by atoms with E-state index in [1.165, 1.54) is 6.07 Å². The van der Waals surface area contributed by atoms with Gasteiger partial charge >= 0.3 is 0 Å². The summed E-state index contributed by atoms with van der Waals surface area (Å²) in [6.07, 6.45) is 7.70. The monoisotopic (exact) mass is 540 g/mol. The molecule has 1 saturated carbocycles. The Kier molecular flexibility index (Phi) is 7.26. The Morgan fingerprint density at radius 2 is 1.88 bits per heavy atom. The number of fused-ring (bicyclic) bond motifs is 1. The number of nitrogens with zero attached hydrogens (tertiary/aromatic N) is 4. The van der Waals surface area contributed by atoms with Crippen molar-refractivity contribution in [3.63, 3.8) is 0 Å². The van der Waals surface area contributed by atoms with E-state index >= 15 is 4.39 Å². The minimum Gasteiger partial charge on any atom is -0.348 e. The number of unbranched alkanes of at least 4 members (excludes halogenated alkanes) is 1. The first kappa shape index (κ1) is 26.4. The minimum absolute atomic E-state index is 0.00527. The zero-order valence-electron chi connectivity index (χ0n) is 22.7. The van der Waals surface area contributed by atoms with Gasteiger partial charge in [-0.15, -0.1) is 0 Å². The molecule has 7 nitrogen and oxygen atoms in total. The van der Waals surface area contributed by atoms with Gasteiger partial charge in [0.05, 0.1) is 36.7 Å². The Bertz CT molecular complexity index is 1630. The van der Waals surface area contributed by atoms with E-state index in [4.69, 9.17) is 9.47 Å². The second-order valence-corrected chi connectivity index (χ2v) is 10.8. The van der Waals surface area contributed by atoms with Gasteiger partial charge in [0, 0.05) is 48.1 Å². The Morgan fingerprint density at radius 3 is 2.60 bits per heavy atom. The second kappa shape index (κ2) is 11.0. The first-order valence-corrected chi connectivity index (χ1v) is 14.2. The molecule has 2 aromatic heterocycles. The van der Waals surface area contributed by atoms with E-state index in [0.29, 0.717) is 53.9 Å². The van der Waals surface area contributed by atoms with Crippen molar-refractivity contribution in [2.24, 2.45) is 0 Å². The van der Waals surface area contributed by atoms with Gasteiger partial charge < -0.3 is 9.47 Å². The summed E-state index contributed by atoms with van der Waals surface area (Å²) < 4.78 is 31.1. The highest BCUT2D eigenvalue weighted by molar-refractivity contribution is 5.71. The molecule has 1 saturated heterocycles. The van der Waals surface area contributed by atoms with Crippen LogP contribution in [0.1, 0.15) is 73.9 Å². The SMILES string of the molecule is CCCCc1c(Cc2ccc(-c3ccccc3C#N)c(F)c2)c(=O)n(C2CCC3(CC2)OCCO3)c2ccnn12. The lowest BCUT2D eigenvalue weighted by atomic mass is 9.89. The van der Waals surface area contributed by atoms with Crippen molar-refractivity contribution in [3.05, 3.63) is 93.3 Å². The number of rotatable bonds is 7. The molecule has 2 aromatic carbocycles. The molecule has 0 amide bonds. The third-order valence-electron chi connectivity index (χ3n) is 8.37. The molecule has 8 heteroatoms. The number of hydrogen-bond donors (Lipinski definition) is 0. The van der Waals surface area contributed by atoms with Gasteiger partial charge in [0.25, 0.3) is 5.56 Å². The molecule has 3 heterocycles. The van der Waals surface area contributed by atoms with Crippen molar-refractivity contribution in [2.75, 3.05) is 13.2 Å². The van der Waals surface area contributed by atoms with E-state index < -0.39 is 11.6 Å². The first-order valence-electron chi connectivity index (χ1n) is 14.2. The van der Waals surface area contributed by atoms with Gasteiger partial charge in [-0.3, -0.25) is 9.36 Å². The summed E-state index contributed by atoms with van der Waals surface area (Å²) in [6.45, 7) is 3.36. The van der Waals surface area contributed by atoms with Crippen molar-refractivity contribution in [2.45, 2.75) is 70.1 Å². The van der Waals surface area contributed by atoms with Crippen LogP contribution in [-0.4, -0.2) is 33.2 Å². The summed E-state index contributed by atoms with van der Waals surface area (Å²) >= 11 is 0. The molecular weight excluding hydrogens is 507 g/mol. The van der Waals surface area contributed by atoms with Crippen LogP contribution in [0.15, 0.2) is 59.5 Å². The van der Waals surface area contributed by atoms with Crippen LogP contribution >= 0.6 is 0 Å². The highest BCUT2D eigenvalue weighted by Gasteiger charge is 2.41. The molecule has 40 heavy (non-hydrogen) atoms. The predicted octanol–water partition coefficient (Wildman–Crippen LogP) is 5.97. The number of aromatic nitrogens is 3. The van der Waals surface area contributed by atoms with Crippen LogP contribution in [0.4, 0.5) is 4.39 Å². The first-order chi connectivity index (χ1) is 19.5. The molecule has 0 radical (unpaired) electrons. The Balaban J connectivity index is 1.39. The summed E-state index contributed by atoms with van der Waals surface area (Å²) in [5.74, 6) is -0.922. The van der Waals surface area contributed by atoms with Crippen molar-refractivity contribution in [3.8, 4) is 17.2 Å². The zero-order valence-corrected chi connectivity index (χ0v) is 22.7. The molecule has 206 valence electrons. The largest absolute Gasteiger partial charge is 0.348 e. The topological polar surface area (TPSA) is 81.5 Å². The minimum atomic E-state index is -0.510. The van der Waals surface area contributed by atoms with E-state index in [9.17, 15) is 10.1 Å². The fourth-order valence-corrected chi connectivity index (χ4v) is 6.31. The number of nitriles is 1. The van der Waals surface area contributed by atoms with Crippen molar-refractivity contribution in [1.82, 2.24) is 14.2 Å². The van der Waals surface area contributed by atoms with Gasteiger partial charge in [0.1, 0.15) is 11.5 Å². The molecule has 0 N–H and O–H groups in total. The van der Waals surface area contributed by atoms with E-state index in [0.717, 1.165) is 49.9 Å². The molecule has 0 unspecified atom stereocenters. The molecule has 2 aliphatic rings. The van der Waals surface area contributed by atoms with Gasteiger partial charge in [0.2, 0.25) is 0 Å². The van der Waals surface area contributed by atoms with E-state index in [2.05, 4.69) is 18.1 Å². The third kappa shape index (κ3) is 4.74. The highest BCUT2D eigenvalue weighted by atomic mass is 19.1. The zero-order chi connectivity index (χ0) is 27.7. The van der Waals surface area contributed by atoms with E-state index in [1.807, 2.05) is 21.2 Å². The molecule has 1 aliphatic heterocycles. The highest BCUT2D eigenvalue weighted by Crippen LogP contribution is 2.40. The molecule has 2 fully saturated rings.